The van der Waals surface area contributed by atoms with Crippen molar-refractivity contribution in [2.75, 3.05) is 7.11 Å². The Hall–Kier alpha value is -3.02. The standard InChI is InChI=1S/C22H23N3O3/c1-3-20(26)23-16-9-10-19-18(12-16)22(27)25(21(24-19)15-7-8-15)13-14-5-4-6-17(11-14)28-2/h4-6,9-12,15,18H,3,7-8,13H2,1-2H3/p+1. The van der Waals surface area contributed by atoms with E-state index >= 15 is 0 Å². The number of fused-ring (bicyclic) bond motifs is 1. The zero-order valence-corrected chi connectivity index (χ0v) is 16.1. The van der Waals surface area contributed by atoms with E-state index in [-0.39, 0.29) is 11.8 Å². The molecule has 1 aromatic rings. The minimum absolute atomic E-state index is 0.00215. The molecule has 1 heterocycles. The van der Waals surface area contributed by atoms with Crippen LogP contribution in [-0.2, 0) is 16.1 Å². The fourth-order valence-corrected chi connectivity index (χ4v) is 3.48. The number of hydrogen-bond donors (Lipinski definition) is 1. The SMILES string of the molecule is CCC(=O)NC1=CC2C(=O)[N+](Cc3cccc(OC)c3)=C(C3CC3)N=C2C=C1. The second-order valence-corrected chi connectivity index (χ2v) is 7.28. The highest BCUT2D eigenvalue weighted by Gasteiger charge is 2.45. The van der Waals surface area contributed by atoms with E-state index in [0.29, 0.717) is 24.6 Å². The van der Waals surface area contributed by atoms with Crippen LogP contribution in [0.5, 0.6) is 5.75 Å². The molecule has 1 saturated carbocycles. The Morgan fingerprint density at radius 2 is 2.14 bits per heavy atom. The van der Waals surface area contributed by atoms with Crippen LogP contribution >= 0.6 is 0 Å². The van der Waals surface area contributed by atoms with Crippen molar-refractivity contribution in [2.45, 2.75) is 32.7 Å². The van der Waals surface area contributed by atoms with Crippen LogP contribution in [0.2, 0.25) is 0 Å². The van der Waals surface area contributed by atoms with Gasteiger partial charge < -0.3 is 10.1 Å². The molecule has 0 spiro atoms. The maximum Gasteiger partial charge on any atom is 0.325 e. The molecule has 6 nitrogen and oxygen atoms in total. The van der Waals surface area contributed by atoms with Crippen LogP contribution in [0.15, 0.2) is 53.2 Å². The summed E-state index contributed by atoms with van der Waals surface area (Å²) < 4.78 is 7.11. The van der Waals surface area contributed by atoms with E-state index in [2.05, 4.69) is 5.32 Å². The number of nitrogens with one attached hydrogen (secondary N) is 1. The summed E-state index contributed by atoms with van der Waals surface area (Å²) in [5.74, 6) is 1.44. The number of hydrogen-bond acceptors (Lipinski definition) is 4. The topological polar surface area (TPSA) is 70.8 Å². The van der Waals surface area contributed by atoms with E-state index in [1.165, 1.54) is 0 Å². The van der Waals surface area contributed by atoms with Crippen LogP contribution in [0.4, 0.5) is 0 Å². The van der Waals surface area contributed by atoms with Crippen molar-refractivity contribution in [1.82, 2.24) is 5.32 Å². The van der Waals surface area contributed by atoms with E-state index < -0.39 is 5.92 Å². The summed E-state index contributed by atoms with van der Waals surface area (Å²) in [6, 6.07) is 7.75. The summed E-state index contributed by atoms with van der Waals surface area (Å²) in [4.78, 5) is 29.9. The predicted molar refractivity (Wildman–Crippen MR) is 106 cm³/mol. The van der Waals surface area contributed by atoms with Crippen LogP contribution in [0.1, 0.15) is 31.7 Å². The van der Waals surface area contributed by atoms with Gasteiger partial charge in [0.2, 0.25) is 5.91 Å². The fourth-order valence-electron chi connectivity index (χ4n) is 3.48. The van der Waals surface area contributed by atoms with E-state index in [0.717, 1.165) is 35.7 Å². The van der Waals surface area contributed by atoms with Crippen molar-refractivity contribution >= 4 is 23.4 Å². The average Bonchev–Trinajstić information content (AvgIpc) is 3.55. The highest BCUT2D eigenvalue weighted by molar-refractivity contribution is 6.17. The molecule has 2 aliphatic carbocycles. The zero-order chi connectivity index (χ0) is 19.7. The number of ether oxygens (including phenoxy) is 1. The Morgan fingerprint density at radius 1 is 1.32 bits per heavy atom. The molecule has 4 rings (SSSR count). The lowest BCUT2D eigenvalue weighted by molar-refractivity contribution is -0.469. The molecule has 1 atom stereocenters. The number of amides is 2. The molecule has 1 unspecified atom stereocenters. The van der Waals surface area contributed by atoms with Crippen molar-refractivity contribution in [2.24, 2.45) is 16.8 Å². The maximum absolute atomic E-state index is 13.4. The summed E-state index contributed by atoms with van der Waals surface area (Å²) in [5, 5.41) is 2.83. The van der Waals surface area contributed by atoms with E-state index in [9.17, 15) is 9.59 Å². The van der Waals surface area contributed by atoms with Crippen molar-refractivity contribution in [3.8, 4) is 5.75 Å². The number of nitrogens with zero attached hydrogens (tertiary/aromatic N) is 2. The lowest BCUT2D eigenvalue weighted by Crippen LogP contribution is -2.41. The molecule has 2 amide bonds. The lowest BCUT2D eigenvalue weighted by Gasteiger charge is -2.20. The fraction of sp³-hybridized carbons (Fsp3) is 0.364. The van der Waals surface area contributed by atoms with Crippen LogP contribution in [0, 0.1) is 11.8 Å². The molecule has 0 bridgehead atoms. The van der Waals surface area contributed by atoms with Gasteiger partial charge in [-0.2, -0.15) is 4.58 Å². The van der Waals surface area contributed by atoms with Crippen LogP contribution in [0.3, 0.4) is 0 Å². The summed E-state index contributed by atoms with van der Waals surface area (Å²) in [6.45, 7) is 2.26. The molecule has 0 aromatic heterocycles. The molecule has 144 valence electrons. The highest BCUT2D eigenvalue weighted by Crippen LogP contribution is 2.34. The molecular formula is C22H24N3O3+. The number of carbonyl (C=O) groups excluding carboxylic acids is 2. The third kappa shape index (κ3) is 3.67. The van der Waals surface area contributed by atoms with Gasteiger partial charge in [0.1, 0.15) is 18.2 Å². The number of carbonyl (C=O) groups is 2. The number of aliphatic imine (C=N–C) groups is 1. The van der Waals surface area contributed by atoms with Gasteiger partial charge in [-0.15, -0.1) is 0 Å². The summed E-state index contributed by atoms with van der Waals surface area (Å²) in [7, 11) is 1.63. The first-order chi connectivity index (χ1) is 13.6. The van der Waals surface area contributed by atoms with Crippen LogP contribution in [0.25, 0.3) is 0 Å². The second-order valence-electron chi connectivity index (χ2n) is 7.28. The highest BCUT2D eigenvalue weighted by atomic mass is 16.5. The van der Waals surface area contributed by atoms with Crippen molar-refractivity contribution in [3.63, 3.8) is 0 Å². The van der Waals surface area contributed by atoms with Gasteiger partial charge in [0, 0.05) is 12.1 Å². The minimum Gasteiger partial charge on any atom is -0.497 e. The van der Waals surface area contributed by atoms with Gasteiger partial charge in [-0.25, -0.2) is 4.79 Å². The zero-order valence-electron chi connectivity index (χ0n) is 16.1. The van der Waals surface area contributed by atoms with Gasteiger partial charge in [0.05, 0.1) is 13.0 Å². The number of amidine groups is 1. The van der Waals surface area contributed by atoms with Crippen LogP contribution in [-0.4, -0.2) is 35.0 Å². The Balaban J connectivity index is 1.66. The van der Waals surface area contributed by atoms with Gasteiger partial charge in [0.25, 0.3) is 0 Å². The number of benzene rings is 1. The summed E-state index contributed by atoms with van der Waals surface area (Å²) in [6.07, 6.45) is 7.99. The van der Waals surface area contributed by atoms with E-state index in [1.807, 2.05) is 36.4 Å². The molecule has 28 heavy (non-hydrogen) atoms. The predicted octanol–water partition coefficient (Wildman–Crippen LogP) is 2.59. The molecule has 0 radical (unpaired) electrons. The molecule has 1 N–H and O–H groups in total. The Bertz CT molecular complexity index is 952. The normalized spacial score (nSPS) is 21.1. The number of methoxy groups -OCH3 is 1. The summed E-state index contributed by atoms with van der Waals surface area (Å²) >= 11 is 0. The molecule has 3 aliphatic rings. The molecular weight excluding hydrogens is 354 g/mol. The lowest BCUT2D eigenvalue weighted by atomic mass is 9.93. The number of rotatable bonds is 6. The molecule has 1 fully saturated rings. The van der Waals surface area contributed by atoms with Gasteiger partial charge >= 0.3 is 11.7 Å². The first kappa shape index (κ1) is 18.3. The van der Waals surface area contributed by atoms with E-state index in [1.54, 1.807) is 24.7 Å². The van der Waals surface area contributed by atoms with Crippen molar-refractivity contribution in [1.29, 1.82) is 0 Å². The summed E-state index contributed by atoms with van der Waals surface area (Å²) in [5.41, 5.74) is 2.41. The van der Waals surface area contributed by atoms with Gasteiger partial charge in [-0.05, 0) is 53.8 Å². The Kier molecular flexibility index (Phi) is 4.94. The van der Waals surface area contributed by atoms with Crippen LogP contribution < -0.4 is 10.1 Å². The smallest absolute Gasteiger partial charge is 0.325 e. The molecule has 1 aliphatic heterocycles. The molecule has 0 saturated heterocycles. The first-order valence-electron chi connectivity index (χ1n) is 9.68. The van der Waals surface area contributed by atoms with Gasteiger partial charge in [-0.1, -0.05) is 19.1 Å². The first-order valence-corrected chi connectivity index (χ1v) is 9.68. The van der Waals surface area contributed by atoms with Gasteiger partial charge in [-0.3, -0.25) is 4.79 Å². The Morgan fingerprint density at radius 3 is 2.86 bits per heavy atom. The molecule has 1 aromatic carbocycles. The Labute approximate surface area is 164 Å². The maximum atomic E-state index is 13.4. The minimum atomic E-state index is -0.467. The average molecular weight is 378 g/mol. The van der Waals surface area contributed by atoms with E-state index in [4.69, 9.17) is 9.73 Å². The second kappa shape index (κ2) is 7.54. The monoisotopic (exact) mass is 378 g/mol. The molecule has 6 heteroatoms. The van der Waals surface area contributed by atoms with Crippen molar-refractivity contribution in [3.05, 3.63) is 53.8 Å². The van der Waals surface area contributed by atoms with Crippen molar-refractivity contribution < 1.29 is 18.9 Å². The largest absolute Gasteiger partial charge is 0.497 e. The third-order valence-electron chi connectivity index (χ3n) is 5.17. The van der Waals surface area contributed by atoms with Gasteiger partial charge in [0.15, 0.2) is 5.71 Å². The third-order valence-corrected chi connectivity index (χ3v) is 5.17. The quantitative estimate of drug-likeness (QED) is 0.774. The number of allylic oxidation sites excluding steroid dienone is 2.